The number of likely N-dealkylation sites (tertiary alicyclic amines) is 2. The van der Waals surface area contributed by atoms with Crippen LogP contribution in [-0.4, -0.2) is 97.9 Å². The zero-order valence-electron chi connectivity index (χ0n) is 24.2. The first-order chi connectivity index (χ1) is 16.5. The first-order valence-electron chi connectivity index (χ1n) is 13.6. The quantitative estimate of drug-likeness (QED) is 0.461. The first-order valence-corrected chi connectivity index (χ1v) is 14.0. The van der Waals surface area contributed by atoms with E-state index >= 15 is 0 Å². The number of morpholine rings is 1. The normalized spacial score (nSPS) is 34.4. The highest BCUT2D eigenvalue weighted by molar-refractivity contribution is 6.20. The number of nitrogens with zero attached hydrogens (tertiary/aromatic N) is 6. The van der Waals surface area contributed by atoms with Gasteiger partial charge in [-0.25, -0.2) is 9.97 Å². The van der Waals surface area contributed by atoms with Crippen LogP contribution in [-0.2, 0) is 4.74 Å². The minimum Gasteiger partial charge on any atom is -0.359 e. The van der Waals surface area contributed by atoms with Gasteiger partial charge in [-0.2, -0.15) is 4.98 Å². The van der Waals surface area contributed by atoms with Crippen LogP contribution in [0.1, 0.15) is 81.1 Å². The number of anilines is 2. The average Bonchev–Trinajstić information content (AvgIpc) is 2.75. The molecule has 4 rings (SSSR count). The summed E-state index contributed by atoms with van der Waals surface area (Å²) in [6.07, 6.45) is 6.12. The maximum absolute atomic E-state index is 6.20. The molecule has 4 heterocycles. The van der Waals surface area contributed by atoms with Gasteiger partial charge in [0.25, 0.3) is 0 Å². The van der Waals surface area contributed by atoms with Crippen LogP contribution < -0.4 is 10.2 Å². The van der Waals surface area contributed by atoms with Crippen molar-refractivity contribution in [3.05, 3.63) is 6.33 Å². The molecule has 36 heavy (non-hydrogen) atoms. The lowest BCUT2D eigenvalue weighted by atomic mass is 9.68. The monoisotopic (exact) mass is 522 g/mol. The third-order valence-electron chi connectivity index (χ3n) is 10.2. The minimum absolute atomic E-state index is 0.0814. The standard InChI is InChI=1S/C27H49ClN7O/c1-24(2)15-20(16-25(3,4)33(24)9)35(10)26(5,6)13-19(14-27(35,7)8)31-22-29-18-30-23(32-22)34-11-12-36-21(28)17-34/h18-21H,11-17H2,1-10H3,(H,29,30,31,32)/q+1. The molecule has 3 aliphatic rings. The molecule has 0 aromatic carbocycles. The Balaban J connectivity index is 1.55. The molecule has 0 aliphatic carbocycles. The molecule has 1 atom stereocenters. The highest BCUT2D eigenvalue weighted by Gasteiger charge is 2.62. The number of halogens is 1. The van der Waals surface area contributed by atoms with E-state index in [1.54, 1.807) is 6.33 Å². The Bertz CT molecular complexity index is 914. The van der Waals surface area contributed by atoms with Gasteiger partial charge in [-0.15, -0.1) is 0 Å². The van der Waals surface area contributed by atoms with E-state index in [4.69, 9.17) is 21.3 Å². The van der Waals surface area contributed by atoms with E-state index in [0.29, 0.717) is 31.1 Å². The van der Waals surface area contributed by atoms with Crippen molar-refractivity contribution in [1.82, 2.24) is 19.9 Å². The second-order valence-electron chi connectivity index (χ2n) is 14.0. The fourth-order valence-corrected chi connectivity index (χ4v) is 7.99. The van der Waals surface area contributed by atoms with Gasteiger partial charge < -0.3 is 19.4 Å². The van der Waals surface area contributed by atoms with E-state index in [0.717, 1.165) is 23.9 Å². The smallest absolute Gasteiger partial charge is 0.230 e. The van der Waals surface area contributed by atoms with Crippen molar-refractivity contribution in [3.8, 4) is 0 Å². The number of nitrogens with one attached hydrogen (secondary N) is 1. The summed E-state index contributed by atoms with van der Waals surface area (Å²) < 4.78 is 6.54. The van der Waals surface area contributed by atoms with Crippen LogP contribution in [0.4, 0.5) is 11.9 Å². The van der Waals surface area contributed by atoms with Crippen molar-refractivity contribution in [2.45, 2.75) is 121 Å². The second-order valence-corrected chi connectivity index (χ2v) is 14.5. The number of rotatable bonds is 4. The largest absolute Gasteiger partial charge is 0.359 e. The summed E-state index contributed by atoms with van der Waals surface area (Å²) in [6.45, 7) is 21.4. The molecular weight excluding hydrogens is 474 g/mol. The predicted molar refractivity (Wildman–Crippen MR) is 148 cm³/mol. The Morgan fingerprint density at radius 3 is 2.11 bits per heavy atom. The van der Waals surface area contributed by atoms with Crippen LogP contribution >= 0.6 is 11.6 Å². The maximum Gasteiger partial charge on any atom is 0.230 e. The Hall–Kier alpha value is -1.22. The number of quaternary nitrogens is 1. The van der Waals surface area contributed by atoms with Gasteiger partial charge in [0.15, 0.2) is 0 Å². The molecule has 204 valence electrons. The fourth-order valence-electron chi connectivity index (χ4n) is 7.73. The Morgan fingerprint density at radius 1 is 0.972 bits per heavy atom. The van der Waals surface area contributed by atoms with E-state index in [1.807, 2.05) is 0 Å². The molecule has 3 saturated heterocycles. The first kappa shape index (κ1) is 27.8. The highest BCUT2D eigenvalue weighted by atomic mass is 35.5. The molecule has 8 nitrogen and oxygen atoms in total. The predicted octanol–water partition coefficient (Wildman–Crippen LogP) is 4.50. The highest BCUT2D eigenvalue weighted by Crippen LogP contribution is 2.52. The third kappa shape index (κ3) is 4.83. The van der Waals surface area contributed by atoms with Gasteiger partial charge >= 0.3 is 0 Å². The van der Waals surface area contributed by atoms with Crippen molar-refractivity contribution in [2.75, 3.05) is 44.0 Å². The summed E-state index contributed by atoms with van der Waals surface area (Å²) in [5, 5.41) is 3.69. The Morgan fingerprint density at radius 2 is 1.56 bits per heavy atom. The van der Waals surface area contributed by atoms with E-state index in [2.05, 4.69) is 94.6 Å². The summed E-state index contributed by atoms with van der Waals surface area (Å²) in [5.74, 6) is 1.30. The Labute approximate surface area is 223 Å². The molecule has 0 amide bonds. The lowest BCUT2D eigenvalue weighted by Crippen LogP contribution is -2.80. The fraction of sp³-hybridized carbons (Fsp3) is 0.889. The molecule has 9 heteroatoms. The number of hydrogen-bond acceptors (Lipinski definition) is 7. The molecule has 1 unspecified atom stereocenters. The number of aromatic nitrogens is 3. The molecular formula is C27H49ClN7O+. The zero-order valence-corrected chi connectivity index (χ0v) is 25.0. The van der Waals surface area contributed by atoms with Gasteiger partial charge in [-0.3, -0.25) is 4.90 Å². The maximum atomic E-state index is 6.20. The van der Waals surface area contributed by atoms with E-state index < -0.39 is 0 Å². The van der Waals surface area contributed by atoms with Crippen LogP contribution in [0.3, 0.4) is 0 Å². The van der Waals surface area contributed by atoms with Crippen molar-refractivity contribution >= 4 is 23.5 Å². The van der Waals surface area contributed by atoms with Crippen molar-refractivity contribution < 1.29 is 9.22 Å². The lowest BCUT2D eigenvalue weighted by molar-refractivity contribution is -1.03. The summed E-state index contributed by atoms with van der Waals surface area (Å²) >= 11 is 6.20. The lowest BCUT2D eigenvalue weighted by Gasteiger charge is -2.68. The van der Waals surface area contributed by atoms with E-state index in [9.17, 15) is 0 Å². The average molecular weight is 523 g/mol. The summed E-state index contributed by atoms with van der Waals surface area (Å²) in [5.41, 5.74) is 0.155. The van der Waals surface area contributed by atoms with Gasteiger partial charge in [0.05, 0.1) is 37.3 Å². The van der Waals surface area contributed by atoms with Crippen molar-refractivity contribution in [2.24, 2.45) is 0 Å². The van der Waals surface area contributed by atoms with Crippen LogP contribution in [0, 0.1) is 0 Å². The SMILES string of the molecule is CN1C(C)(C)CC([N+]2(C)C(C)(C)CC(Nc3ncnc(N4CCOC(Cl)C4)n3)CC2(C)C)CC1(C)C. The second kappa shape index (κ2) is 9.21. The summed E-state index contributed by atoms with van der Waals surface area (Å²) in [6, 6.07) is 0.875. The molecule has 0 spiro atoms. The molecule has 1 aromatic heterocycles. The van der Waals surface area contributed by atoms with Gasteiger partial charge in [0, 0.05) is 49.3 Å². The van der Waals surface area contributed by atoms with E-state index in [-0.39, 0.29) is 33.8 Å². The molecule has 0 bridgehead atoms. The van der Waals surface area contributed by atoms with Gasteiger partial charge in [-0.1, -0.05) is 11.6 Å². The van der Waals surface area contributed by atoms with Crippen molar-refractivity contribution in [3.63, 3.8) is 0 Å². The summed E-state index contributed by atoms with van der Waals surface area (Å²) in [4.78, 5) is 18.3. The molecule has 1 N–H and O–H groups in total. The molecule has 0 radical (unpaired) electrons. The number of piperidine rings is 2. The molecule has 1 aromatic rings. The van der Waals surface area contributed by atoms with Gasteiger partial charge in [-0.05, 0) is 62.4 Å². The topological polar surface area (TPSA) is 66.4 Å². The number of hydrogen-bond donors (Lipinski definition) is 1. The van der Waals surface area contributed by atoms with Gasteiger partial charge in [0.1, 0.15) is 11.9 Å². The van der Waals surface area contributed by atoms with Crippen LogP contribution in [0.15, 0.2) is 6.33 Å². The van der Waals surface area contributed by atoms with Gasteiger partial charge in [0.2, 0.25) is 11.9 Å². The number of alkyl halides is 1. The van der Waals surface area contributed by atoms with Crippen LogP contribution in [0.25, 0.3) is 0 Å². The van der Waals surface area contributed by atoms with E-state index in [1.165, 1.54) is 12.8 Å². The molecule has 0 saturated carbocycles. The minimum atomic E-state index is -0.336. The van der Waals surface area contributed by atoms with Crippen molar-refractivity contribution in [1.29, 1.82) is 0 Å². The molecule has 3 aliphatic heterocycles. The molecule has 3 fully saturated rings. The van der Waals surface area contributed by atoms with Crippen LogP contribution in [0.5, 0.6) is 0 Å². The number of ether oxygens (including phenoxy) is 1. The van der Waals surface area contributed by atoms with Crippen LogP contribution in [0.2, 0.25) is 0 Å². The Kier molecular flexibility index (Phi) is 7.11. The zero-order chi connectivity index (χ0) is 26.7. The third-order valence-corrected chi connectivity index (χ3v) is 10.5. The summed E-state index contributed by atoms with van der Waals surface area (Å²) in [7, 11) is 4.83.